The van der Waals surface area contributed by atoms with Crippen LogP contribution in [0.5, 0.6) is 5.75 Å². The number of anilines is 1. The lowest BCUT2D eigenvalue weighted by Gasteiger charge is -2.35. The van der Waals surface area contributed by atoms with Gasteiger partial charge in [0.15, 0.2) is 0 Å². The second-order valence-electron chi connectivity index (χ2n) is 6.11. The molecule has 1 aliphatic heterocycles. The molecule has 7 heteroatoms. The van der Waals surface area contributed by atoms with Crippen LogP contribution in [0.1, 0.15) is 12.8 Å². The molecule has 0 spiro atoms. The molecule has 1 fully saturated rings. The van der Waals surface area contributed by atoms with Gasteiger partial charge in [0.05, 0.1) is 12.8 Å². The van der Waals surface area contributed by atoms with Crippen molar-refractivity contribution in [3.05, 3.63) is 35.0 Å². The topological polar surface area (TPSA) is 68.6 Å². The van der Waals surface area contributed by atoms with Gasteiger partial charge in [-0.3, -0.25) is 4.79 Å². The van der Waals surface area contributed by atoms with Crippen molar-refractivity contribution < 1.29 is 9.53 Å². The van der Waals surface area contributed by atoms with Crippen LogP contribution in [0, 0.1) is 11.3 Å². The molecule has 0 bridgehead atoms. The highest BCUT2D eigenvalue weighted by Crippen LogP contribution is 2.28. The molecule has 2 rings (SSSR count). The Morgan fingerprint density at radius 1 is 1.48 bits per heavy atom. The lowest BCUT2D eigenvalue weighted by Crippen LogP contribution is -2.44. The third-order valence-corrected chi connectivity index (χ3v) is 4.68. The van der Waals surface area contributed by atoms with Crippen molar-refractivity contribution in [1.82, 2.24) is 9.80 Å². The predicted molar refractivity (Wildman–Crippen MR) is 98.6 cm³/mol. The van der Waals surface area contributed by atoms with E-state index in [9.17, 15) is 10.1 Å². The molecule has 0 aromatic heterocycles. The Labute approximate surface area is 153 Å². The summed E-state index contributed by atoms with van der Waals surface area (Å²) in [5.74, 6) is 0.291. The first kappa shape index (κ1) is 19.1. The molecule has 25 heavy (non-hydrogen) atoms. The number of nitrogens with zero attached hydrogens (tertiary/aromatic N) is 3. The summed E-state index contributed by atoms with van der Waals surface area (Å²) in [4.78, 5) is 16.5. The molecule has 0 saturated carbocycles. The van der Waals surface area contributed by atoms with Gasteiger partial charge in [-0.1, -0.05) is 11.6 Å². The lowest BCUT2D eigenvalue weighted by atomic mass is 10.0. The fourth-order valence-corrected chi connectivity index (χ4v) is 2.99. The molecule has 1 aromatic rings. The number of rotatable bonds is 5. The standard InChI is InChI=1S/C18H23ClN4O2/c1-22-8-6-15(7-9-22)23(2)18(24)13(11-20)12-21-16-10-14(19)4-5-17(16)25-3/h4-5,10,12,15,21H,6-9H2,1-3H3/b13-12-. The third kappa shape index (κ3) is 4.88. The highest BCUT2D eigenvalue weighted by Gasteiger charge is 2.25. The van der Waals surface area contributed by atoms with Gasteiger partial charge >= 0.3 is 0 Å². The maximum atomic E-state index is 12.6. The summed E-state index contributed by atoms with van der Waals surface area (Å²) in [6, 6.07) is 7.23. The number of carbonyl (C=O) groups is 1. The first-order chi connectivity index (χ1) is 12.0. The monoisotopic (exact) mass is 362 g/mol. The number of likely N-dealkylation sites (N-methyl/N-ethyl adjacent to an activating group) is 1. The van der Waals surface area contributed by atoms with Crippen molar-refractivity contribution >= 4 is 23.2 Å². The van der Waals surface area contributed by atoms with Crippen molar-refractivity contribution in [2.45, 2.75) is 18.9 Å². The van der Waals surface area contributed by atoms with Crippen molar-refractivity contribution in [1.29, 1.82) is 5.26 Å². The van der Waals surface area contributed by atoms with E-state index in [1.54, 1.807) is 37.3 Å². The maximum absolute atomic E-state index is 12.6. The summed E-state index contributed by atoms with van der Waals surface area (Å²) in [5.41, 5.74) is 0.640. The molecule has 134 valence electrons. The summed E-state index contributed by atoms with van der Waals surface area (Å²) in [5, 5.41) is 12.9. The van der Waals surface area contributed by atoms with Gasteiger partial charge in [-0.25, -0.2) is 0 Å². The van der Waals surface area contributed by atoms with Crippen LogP contribution in [-0.2, 0) is 4.79 Å². The zero-order valence-electron chi connectivity index (χ0n) is 14.8. The number of ether oxygens (including phenoxy) is 1. The fraction of sp³-hybridized carbons (Fsp3) is 0.444. The van der Waals surface area contributed by atoms with Gasteiger partial charge in [0, 0.05) is 24.3 Å². The number of nitrogens with one attached hydrogen (secondary N) is 1. The predicted octanol–water partition coefficient (Wildman–Crippen LogP) is 2.72. The molecular weight excluding hydrogens is 340 g/mol. The second kappa shape index (κ2) is 8.75. The highest BCUT2D eigenvalue weighted by atomic mass is 35.5. The average Bonchev–Trinajstić information content (AvgIpc) is 2.62. The molecule has 1 N–H and O–H groups in total. The zero-order chi connectivity index (χ0) is 18.4. The second-order valence-corrected chi connectivity index (χ2v) is 6.55. The number of halogens is 1. The molecule has 1 aliphatic rings. The van der Waals surface area contributed by atoms with Crippen molar-refractivity contribution in [3.63, 3.8) is 0 Å². The first-order valence-electron chi connectivity index (χ1n) is 8.12. The van der Waals surface area contributed by atoms with Gasteiger partial charge in [0.25, 0.3) is 5.91 Å². The van der Waals surface area contributed by atoms with E-state index in [4.69, 9.17) is 16.3 Å². The number of nitriles is 1. The molecule has 1 aromatic carbocycles. The Bertz CT molecular complexity index is 691. The van der Waals surface area contributed by atoms with Gasteiger partial charge < -0.3 is 19.9 Å². The van der Waals surface area contributed by atoms with Crippen molar-refractivity contribution in [2.75, 3.05) is 39.6 Å². The Morgan fingerprint density at radius 2 is 2.16 bits per heavy atom. The molecule has 1 saturated heterocycles. The van der Waals surface area contributed by atoms with E-state index < -0.39 is 0 Å². The van der Waals surface area contributed by atoms with Gasteiger partial charge in [0.2, 0.25) is 0 Å². The number of amides is 1. The Hall–Kier alpha value is -2.23. The van der Waals surface area contributed by atoms with Crippen LogP contribution in [0.4, 0.5) is 5.69 Å². The molecule has 0 radical (unpaired) electrons. The summed E-state index contributed by atoms with van der Waals surface area (Å²) >= 11 is 5.99. The van der Waals surface area contributed by atoms with E-state index in [1.807, 2.05) is 6.07 Å². The molecular formula is C18H23ClN4O2. The van der Waals surface area contributed by atoms with Crippen LogP contribution in [0.3, 0.4) is 0 Å². The summed E-state index contributed by atoms with van der Waals surface area (Å²) in [6.45, 7) is 1.90. The van der Waals surface area contributed by atoms with Crippen LogP contribution < -0.4 is 10.1 Å². The number of hydrogen-bond acceptors (Lipinski definition) is 5. The number of likely N-dealkylation sites (tertiary alicyclic amines) is 1. The van der Waals surface area contributed by atoms with Crippen molar-refractivity contribution in [3.8, 4) is 11.8 Å². The van der Waals surface area contributed by atoms with E-state index in [1.165, 1.54) is 6.20 Å². The number of piperidine rings is 1. The van der Waals surface area contributed by atoms with E-state index in [2.05, 4.69) is 17.3 Å². The van der Waals surface area contributed by atoms with Crippen LogP contribution in [-0.4, -0.2) is 56.0 Å². The van der Waals surface area contributed by atoms with Gasteiger partial charge in [-0.05, 0) is 51.2 Å². The number of benzene rings is 1. The van der Waals surface area contributed by atoms with E-state index >= 15 is 0 Å². The number of carbonyl (C=O) groups excluding carboxylic acids is 1. The minimum Gasteiger partial charge on any atom is -0.495 e. The smallest absolute Gasteiger partial charge is 0.266 e. The molecule has 0 unspecified atom stereocenters. The minimum absolute atomic E-state index is 0.0449. The van der Waals surface area contributed by atoms with Gasteiger partial charge in [-0.2, -0.15) is 5.26 Å². The molecule has 6 nitrogen and oxygen atoms in total. The summed E-state index contributed by atoms with van der Waals surface area (Å²) in [7, 11) is 5.37. The van der Waals surface area contributed by atoms with Gasteiger partial charge in [0.1, 0.15) is 17.4 Å². The zero-order valence-corrected chi connectivity index (χ0v) is 15.5. The summed E-state index contributed by atoms with van der Waals surface area (Å²) < 4.78 is 5.25. The molecule has 0 atom stereocenters. The normalized spacial score (nSPS) is 16.2. The van der Waals surface area contributed by atoms with Crippen LogP contribution >= 0.6 is 11.6 Å². The van der Waals surface area contributed by atoms with Crippen LogP contribution in [0.15, 0.2) is 30.0 Å². The maximum Gasteiger partial charge on any atom is 0.266 e. The number of hydrogen-bond donors (Lipinski definition) is 1. The SMILES string of the molecule is COc1ccc(Cl)cc1N/C=C(/C#N)C(=O)N(C)C1CCN(C)CC1. The van der Waals surface area contributed by atoms with Crippen molar-refractivity contribution in [2.24, 2.45) is 0 Å². The fourth-order valence-electron chi connectivity index (χ4n) is 2.82. The number of methoxy groups -OCH3 is 1. The molecule has 1 amide bonds. The Balaban J connectivity index is 2.10. The highest BCUT2D eigenvalue weighted by molar-refractivity contribution is 6.30. The van der Waals surface area contributed by atoms with Crippen LogP contribution in [0.2, 0.25) is 5.02 Å². The Morgan fingerprint density at radius 3 is 2.76 bits per heavy atom. The third-order valence-electron chi connectivity index (χ3n) is 4.44. The average molecular weight is 363 g/mol. The summed E-state index contributed by atoms with van der Waals surface area (Å²) in [6.07, 6.45) is 3.22. The molecule has 1 heterocycles. The first-order valence-corrected chi connectivity index (χ1v) is 8.50. The van der Waals surface area contributed by atoms with Crippen LogP contribution in [0.25, 0.3) is 0 Å². The quantitative estimate of drug-likeness (QED) is 0.644. The Kier molecular flexibility index (Phi) is 6.68. The molecule has 0 aliphatic carbocycles. The van der Waals surface area contributed by atoms with E-state index in [0.29, 0.717) is 16.5 Å². The van der Waals surface area contributed by atoms with E-state index in [-0.39, 0.29) is 17.5 Å². The van der Waals surface area contributed by atoms with E-state index in [0.717, 1.165) is 25.9 Å². The largest absolute Gasteiger partial charge is 0.495 e. The minimum atomic E-state index is -0.287. The lowest BCUT2D eigenvalue weighted by molar-refractivity contribution is -0.128. The van der Waals surface area contributed by atoms with Gasteiger partial charge in [-0.15, -0.1) is 0 Å².